The number of amides is 1. The van der Waals surface area contributed by atoms with Crippen molar-refractivity contribution in [1.29, 1.82) is 5.26 Å². The number of anilines is 1. The fourth-order valence-corrected chi connectivity index (χ4v) is 3.39. The number of benzene rings is 3. The van der Waals surface area contributed by atoms with Crippen LogP contribution in [0, 0.1) is 45.4 Å². The minimum Gasteiger partial charge on any atom is -0.490 e. The number of nitriles is 1. The Balaban J connectivity index is 1.92. The molecule has 0 atom stereocenters. The third kappa shape index (κ3) is 6.46. The Hall–Kier alpha value is -5.24. The van der Waals surface area contributed by atoms with Crippen LogP contribution in [0.2, 0.25) is 0 Å². The zero-order valence-electron chi connectivity index (χ0n) is 20.2. The number of non-ortho nitro benzene ring substituents is 1. The van der Waals surface area contributed by atoms with Crippen LogP contribution in [-0.4, -0.2) is 22.4 Å². The quantitative estimate of drug-likeness (QED) is 0.165. The molecule has 0 radical (unpaired) electrons. The molecule has 0 saturated carbocycles. The van der Waals surface area contributed by atoms with E-state index in [1.54, 1.807) is 13.0 Å². The number of rotatable bonds is 9. The molecule has 0 spiro atoms. The normalized spacial score (nSPS) is 10.8. The number of nitrogens with one attached hydrogen (secondary N) is 1. The van der Waals surface area contributed by atoms with Crippen molar-refractivity contribution in [3.63, 3.8) is 0 Å². The van der Waals surface area contributed by atoms with Crippen molar-refractivity contribution in [2.45, 2.75) is 20.8 Å². The van der Waals surface area contributed by atoms with Crippen LogP contribution in [0.5, 0.6) is 17.2 Å². The van der Waals surface area contributed by atoms with Gasteiger partial charge in [0.2, 0.25) is 5.75 Å². The highest BCUT2D eigenvalue weighted by Gasteiger charge is 2.22. The van der Waals surface area contributed by atoms with Gasteiger partial charge in [0.15, 0.2) is 11.5 Å². The molecule has 188 valence electrons. The second-order valence-corrected chi connectivity index (χ2v) is 7.85. The van der Waals surface area contributed by atoms with Gasteiger partial charge in [0, 0.05) is 11.8 Å². The Bertz CT molecular complexity index is 1460. The van der Waals surface area contributed by atoms with Gasteiger partial charge in [0.25, 0.3) is 11.6 Å². The van der Waals surface area contributed by atoms with E-state index in [4.69, 9.17) is 9.47 Å². The smallest absolute Gasteiger partial charge is 0.318 e. The number of aryl methyl sites for hydroxylation is 2. The number of carbonyl (C=O) groups excluding carboxylic acids is 1. The van der Waals surface area contributed by atoms with Crippen LogP contribution in [0.15, 0.2) is 60.2 Å². The number of ether oxygens (including phenoxy) is 2. The number of nitro benzene ring substituents is 2. The molecule has 0 bridgehead atoms. The van der Waals surface area contributed by atoms with Gasteiger partial charge in [-0.2, -0.15) is 5.26 Å². The van der Waals surface area contributed by atoms with Gasteiger partial charge < -0.3 is 14.8 Å². The Morgan fingerprint density at radius 2 is 1.73 bits per heavy atom. The van der Waals surface area contributed by atoms with Crippen molar-refractivity contribution in [1.82, 2.24) is 0 Å². The maximum Gasteiger partial charge on any atom is 0.318 e. The maximum absolute atomic E-state index is 12.7. The van der Waals surface area contributed by atoms with Gasteiger partial charge in [-0.05, 0) is 62.2 Å². The van der Waals surface area contributed by atoms with Crippen LogP contribution in [0.4, 0.5) is 17.1 Å². The predicted octanol–water partition coefficient (Wildman–Crippen LogP) is 5.86. The highest BCUT2D eigenvalue weighted by Crippen LogP contribution is 2.38. The molecule has 0 aromatic heterocycles. The molecule has 0 saturated heterocycles. The van der Waals surface area contributed by atoms with E-state index in [-0.39, 0.29) is 29.4 Å². The highest BCUT2D eigenvalue weighted by molar-refractivity contribution is 6.10. The Labute approximate surface area is 211 Å². The zero-order chi connectivity index (χ0) is 27.1. The van der Waals surface area contributed by atoms with E-state index in [1.165, 1.54) is 24.3 Å². The zero-order valence-corrected chi connectivity index (χ0v) is 20.2. The molecule has 37 heavy (non-hydrogen) atoms. The number of hydrogen-bond donors (Lipinski definition) is 1. The first-order chi connectivity index (χ1) is 17.6. The minimum atomic E-state index is -0.784. The molecule has 3 aromatic carbocycles. The molecule has 3 aromatic rings. The molecule has 3 rings (SSSR count). The van der Waals surface area contributed by atoms with Gasteiger partial charge in [0.05, 0.1) is 22.5 Å². The Morgan fingerprint density at radius 3 is 2.35 bits per heavy atom. The molecule has 11 heteroatoms. The number of nitrogens with zero attached hydrogens (tertiary/aromatic N) is 3. The van der Waals surface area contributed by atoms with Crippen molar-refractivity contribution in [3.05, 3.63) is 97.1 Å². The van der Waals surface area contributed by atoms with Crippen LogP contribution in [-0.2, 0) is 4.79 Å². The van der Waals surface area contributed by atoms with E-state index in [2.05, 4.69) is 5.32 Å². The van der Waals surface area contributed by atoms with Crippen molar-refractivity contribution >= 4 is 29.0 Å². The largest absolute Gasteiger partial charge is 0.490 e. The van der Waals surface area contributed by atoms with Gasteiger partial charge >= 0.3 is 5.69 Å². The lowest BCUT2D eigenvalue weighted by Crippen LogP contribution is -2.14. The number of carbonyl (C=O) groups is 1. The van der Waals surface area contributed by atoms with Crippen molar-refractivity contribution in [2.24, 2.45) is 0 Å². The third-order valence-electron chi connectivity index (χ3n) is 5.14. The second kappa shape index (κ2) is 11.5. The summed E-state index contributed by atoms with van der Waals surface area (Å²) in [5.41, 5.74) is 1.73. The summed E-state index contributed by atoms with van der Waals surface area (Å²) in [6.45, 7) is 5.73. The summed E-state index contributed by atoms with van der Waals surface area (Å²) in [6.07, 6.45) is 1.37. The molecule has 1 amide bonds. The minimum absolute atomic E-state index is 0.106. The predicted molar refractivity (Wildman–Crippen MR) is 136 cm³/mol. The van der Waals surface area contributed by atoms with E-state index in [0.29, 0.717) is 11.3 Å². The van der Waals surface area contributed by atoms with Crippen molar-refractivity contribution in [2.75, 3.05) is 11.9 Å². The highest BCUT2D eigenvalue weighted by atomic mass is 16.6. The molecular formula is C26H22N4O7. The Morgan fingerprint density at radius 1 is 1.00 bits per heavy atom. The van der Waals surface area contributed by atoms with Gasteiger partial charge in [-0.3, -0.25) is 25.0 Å². The lowest BCUT2D eigenvalue weighted by Gasteiger charge is -2.13. The van der Waals surface area contributed by atoms with E-state index in [9.17, 15) is 30.3 Å². The van der Waals surface area contributed by atoms with Crippen molar-refractivity contribution in [3.8, 4) is 23.3 Å². The van der Waals surface area contributed by atoms with E-state index in [0.717, 1.165) is 29.3 Å². The molecule has 1 N–H and O–H groups in total. The topological polar surface area (TPSA) is 158 Å². The molecule has 0 aliphatic heterocycles. The molecule has 0 aliphatic rings. The summed E-state index contributed by atoms with van der Waals surface area (Å²) in [6, 6.07) is 14.9. The van der Waals surface area contributed by atoms with Crippen LogP contribution in [0.3, 0.4) is 0 Å². The average Bonchev–Trinajstić information content (AvgIpc) is 2.85. The average molecular weight is 502 g/mol. The first kappa shape index (κ1) is 26.4. The van der Waals surface area contributed by atoms with Gasteiger partial charge in [-0.25, -0.2) is 0 Å². The lowest BCUT2D eigenvalue weighted by atomic mass is 10.1. The first-order valence-electron chi connectivity index (χ1n) is 11.0. The molecule has 0 aliphatic carbocycles. The SMILES string of the molecule is CCOc1cc(/C=C(\C#N)C(=O)Nc2ccc(C)cc2C)ccc1Oc1ccc([N+](=O)[O-])cc1[N+](=O)[O-]. The standard InChI is InChI=1S/C26H22N4O7/c1-4-36-25-13-18(12-19(15-27)26(31)28-21-8-5-16(2)11-17(21)3)6-9-24(25)37-23-10-7-20(29(32)33)14-22(23)30(34)35/h5-14H,4H2,1-3H3,(H,28,31)/b19-12+. The van der Waals surface area contributed by atoms with E-state index < -0.39 is 27.1 Å². The number of hydrogen-bond acceptors (Lipinski definition) is 8. The van der Waals surface area contributed by atoms with Crippen LogP contribution in [0.1, 0.15) is 23.6 Å². The van der Waals surface area contributed by atoms with Crippen LogP contribution >= 0.6 is 0 Å². The van der Waals surface area contributed by atoms with E-state index in [1.807, 2.05) is 32.0 Å². The van der Waals surface area contributed by atoms with Gasteiger partial charge in [-0.1, -0.05) is 23.8 Å². The summed E-state index contributed by atoms with van der Waals surface area (Å²) < 4.78 is 11.3. The molecule has 0 fully saturated rings. The molecular weight excluding hydrogens is 480 g/mol. The monoisotopic (exact) mass is 502 g/mol. The molecule has 11 nitrogen and oxygen atoms in total. The van der Waals surface area contributed by atoms with Crippen LogP contribution in [0.25, 0.3) is 6.08 Å². The lowest BCUT2D eigenvalue weighted by molar-refractivity contribution is -0.394. The Kier molecular flexibility index (Phi) is 8.17. The fourth-order valence-electron chi connectivity index (χ4n) is 3.39. The molecule has 0 heterocycles. The summed E-state index contributed by atoms with van der Waals surface area (Å²) in [5, 5.41) is 34.7. The van der Waals surface area contributed by atoms with Crippen molar-refractivity contribution < 1.29 is 24.1 Å². The summed E-state index contributed by atoms with van der Waals surface area (Å²) in [4.78, 5) is 33.6. The fraction of sp³-hybridized carbons (Fsp3) is 0.154. The van der Waals surface area contributed by atoms with Gasteiger partial charge in [-0.15, -0.1) is 0 Å². The first-order valence-corrected chi connectivity index (χ1v) is 11.0. The number of nitro groups is 2. The molecule has 0 unspecified atom stereocenters. The van der Waals surface area contributed by atoms with E-state index >= 15 is 0 Å². The summed E-state index contributed by atoms with van der Waals surface area (Å²) >= 11 is 0. The van der Waals surface area contributed by atoms with Gasteiger partial charge in [0.1, 0.15) is 11.6 Å². The maximum atomic E-state index is 12.7. The third-order valence-corrected chi connectivity index (χ3v) is 5.14. The summed E-state index contributed by atoms with van der Waals surface area (Å²) in [5.74, 6) is -0.509. The second-order valence-electron chi connectivity index (χ2n) is 7.85. The van der Waals surface area contributed by atoms with Crippen LogP contribution < -0.4 is 14.8 Å². The summed E-state index contributed by atoms with van der Waals surface area (Å²) in [7, 11) is 0.